The lowest BCUT2D eigenvalue weighted by Crippen LogP contribution is -2.15. The molecule has 0 aromatic rings. The fraction of sp³-hybridized carbons (Fsp3) is 0.958. The predicted molar refractivity (Wildman–Crippen MR) is 132 cm³/mol. The number of unbranched alkanes of at least 4 members (excludes halogenated alkanes) is 3. The summed E-state index contributed by atoms with van der Waals surface area (Å²) in [5.41, 5.74) is 0. The lowest BCUT2D eigenvalue weighted by molar-refractivity contribution is -0.141. The molecule has 210 valence electrons. The number of carbonyl (C=O) groups excluding carboxylic acids is 1. The Labute approximate surface area is 216 Å². The molecule has 0 aliphatic heterocycles. The van der Waals surface area contributed by atoms with E-state index >= 15 is 0 Å². The van der Waals surface area contributed by atoms with Gasteiger partial charge in [0.15, 0.2) is 0 Å². The summed E-state index contributed by atoms with van der Waals surface area (Å²) < 4.78 is 47.8. The molecule has 0 rings (SSSR count). The second-order valence-electron chi connectivity index (χ2n) is 7.33. The van der Waals surface area contributed by atoms with Gasteiger partial charge in [0, 0.05) is 12.5 Å². The van der Waals surface area contributed by atoms with E-state index in [9.17, 15) is 4.79 Å². The van der Waals surface area contributed by atoms with Crippen LogP contribution < -0.4 is 0 Å². The van der Waals surface area contributed by atoms with E-state index in [1.54, 1.807) is 0 Å². The predicted octanol–water partition coefficient (Wildman–Crippen LogP) is 2.48. The van der Waals surface area contributed by atoms with Crippen LogP contribution in [-0.4, -0.2) is 125 Å². The van der Waals surface area contributed by atoms with Crippen molar-refractivity contribution < 1.29 is 47.4 Å². The van der Waals surface area contributed by atoms with Crippen LogP contribution in [-0.2, 0) is 47.4 Å². The van der Waals surface area contributed by atoms with Gasteiger partial charge in [-0.15, -0.1) is 11.6 Å². The van der Waals surface area contributed by atoms with Gasteiger partial charge in [0.25, 0.3) is 0 Å². The average molecular weight is 531 g/mol. The zero-order valence-corrected chi connectivity index (χ0v) is 22.3. The third kappa shape index (κ3) is 31.4. The minimum absolute atomic E-state index is 0.252. The van der Waals surface area contributed by atoms with Crippen LogP contribution in [0.2, 0.25) is 0 Å². The molecule has 35 heavy (non-hydrogen) atoms. The molecule has 0 atom stereocenters. The first kappa shape index (κ1) is 34.4. The number of halogens is 1. The van der Waals surface area contributed by atoms with E-state index < -0.39 is 0 Å². The number of hydrogen-bond donors (Lipinski definition) is 0. The van der Waals surface area contributed by atoms with E-state index in [0.29, 0.717) is 99.1 Å². The maximum absolute atomic E-state index is 10.9. The molecule has 0 radical (unpaired) electrons. The Bertz CT molecular complexity index is 418. The smallest absolute Gasteiger partial charge is 0.307 e. The number of carbonyl (C=O) groups is 1. The number of methoxy groups -OCH3 is 1. The van der Waals surface area contributed by atoms with Gasteiger partial charge in [-0.25, -0.2) is 0 Å². The molecule has 0 N–H and O–H groups in total. The van der Waals surface area contributed by atoms with Crippen LogP contribution in [0.5, 0.6) is 0 Å². The highest BCUT2D eigenvalue weighted by Crippen LogP contribution is 2.01. The second kappa shape index (κ2) is 31.5. The molecule has 0 aliphatic rings. The summed E-state index contributed by atoms with van der Waals surface area (Å²) in [4.78, 5) is 10.9. The van der Waals surface area contributed by atoms with Crippen molar-refractivity contribution in [2.24, 2.45) is 0 Å². The Morgan fingerprint density at radius 3 is 1.11 bits per heavy atom. The molecule has 0 spiro atoms. The van der Waals surface area contributed by atoms with Crippen molar-refractivity contribution in [3.8, 4) is 0 Å². The second-order valence-corrected chi connectivity index (χ2v) is 7.71. The third-order valence-corrected chi connectivity index (χ3v) is 4.72. The van der Waals surface area contributed by atoms with Gasteiger partial charge in [-0.05, 0) is 12.8 Å². The zero-order chi connectivity index (χ0) is 25.5. The molecular formula is C24H47ClO10. The minimum Gasteiger partial charge on any atom is -0.469 e. The SMILES string of the molecule is COC(=O)CCOCCOCCOCCOCCOCCOCCOCCOCCCCCCCl. The molecule has 0 aromatic carbocycles. The molecule has 11 heteroatoms. The molecule has 10 nitrogen and oxygen atoms in total. The molecular weight excluding hydrogens is 484 g/mol. The first-order chi connectivity index (χ1) is 17.3. The molecule has 0 aromatic heterocycles. The summed E-state index contributed by atoms with van der Waals surface area (Å²) in [6, 6.07) is 0. The van der Waals surface area contributed by atoms with Crippen molar-refractivity contribution in [2.75, 3.05) is 119 Å². The summed E-state index contributed by atoms with van der Waals surface area (Å²) in [7, 11) is 1.35. The summed E-state index contributed by atoms with van der Waals surface area (Å²) in [6.07, 6.45) is 4.75. The largest absolute Gasteiger partial charge is 0.469 e. The topological polar surface area (TPSA) is 100 Å². The minimum atomic E-state index is -0.281. The highest BCUT2D eigenvalue weighted by molar-refractivity contribution is 6.17. The molecule has 0 fully saturated rings. The molecule has 0 aliphatic carbocycles. The number of esters is 1. The molecule has 0 unspecified atom stereocenters. The van der Waals surface area contributed by atoms with Gasteiger partial charge in [0.1, 0.15) is 0 Å². The lowest BCUT2D eigenvalue weighted by atomic mass is 10.2. The third-order valence-electron chi connectivity index (χ3n) is 4.45. The number of hydrogen-bond acceptors (Lipinski definition) is 10. The molecule has 0 heterocycles. The van der Waals surface area contributed by atoms with Crippen molar-refractivity contribution in [1.82, 2.24) is 0 Å². The highest BCUT2D eigenvalue weighted by atomic mass is 35.5. The van der Waals surface area contributed by atoms with Crippen LogP contribution >= 0.6 is 11.6 Å². The molecule has 0 amide bonds. The van der Waals surface area contributed by atoms with E-state index in [-0.39, 0.29) is 12.4 Å². The summed E-state index contributed by atoms with van der Waals surface area (Å²) in [5, 5.41) is 0. The molecule has 0 bridgehead atoms. The van der Waals surface area contributed by atoms with Crippen molar-refractivity contribution in [3.05, 3.63) is 0 Å². The van der Waals surface area contributed by atoms with Crippen molar-refractivity contribution in [1.29, 1.82) is 0 Å². The zero-order valence-electron chi connectivity index (χ0n) is 21.5. The summed E-state index contributed by atoms with van der Waals surface area (Å²) in [5.74, 6) is 0.463. The van der Waals surface area contributed by atoms with Crippen molar-refractivity contribution in [3.63, 3.8) is 0 Å². The fourth-order valence-corrected chi connectivity index (χ4v) is 2.74. The van der Waals surface area contributed by atoms with Crippen LogP contribution in [0.25, 0.3) is 0 Å². The van der Waals surface area contributed by atoms with Crippen molar-refractivity contribution in [2.45, 2.75) is 32.1 Å². The first-order valence-corrected chi connectivity index (χ1v) is 13.1. The van der Waals surface area contributed by atoms with Crippen LogP contribution in [0.15, 0.2) is 0 Å². The van der Waals surface area contributed by atoms with Crippen molar-refractivity contribution >= 4 is 17.6 Å². The Kier molecular flexibility index (Phi) is 31.0. The molecule has 0 saturated carbocycles. The van der Waals surface area contributed by atoms with Gasteiger partial charge in [-0.2, -0.15) is 0 Å². The Balaban J connectivity index is 3.02. The Hall–Kier alpha value is -0.560. The van der Waals surface area contributed by atoms with E-state index in [4.69, 9.17) is 49.5 Å². The van der Waals surface area contributed by atoms with Crippen LogP contribution in [0.1, 0.15) is 32.1 Å². The standard InChI is InChI=1S/C24H47ClO10/c1-27-24(26)6-9-29-11-13-31-15-17-33-19-21-35-23-22-34-20-18-32-16-14-30-12-10-28-8-5-3-2-4-7-25/h2-23H2,1H3. The van der Waals surface area contributed by atoms with Gasteiger partial charge < -0.3 is 42.6 Å². The monoisotopic (exact) mass is 530 g/mol. The van der Waals surface area contributed by atoms with Crippen LogP contribution in [0, 0.1) is 0 Å². The Morgan fingerprint density at radius 2 is 0.771 bits per heavy atom. The highest BCUT2D eigenvalue weighted by Gasteiger charge is 1.99. The normalized spacial score (nSPS) is 11.3. The van der Waals surface area contributed by atoms with E-state index in [0.717, 1.165) is 25.3 Å². The van der Waals surface area contributed by atoms with Gasteiger partial charge in [-0.3, -0.25) is 4.79 Å². The van der Waals surface area contributed by atoms with E-state index in [2.05, 4.69) is 4.74 Å². The molecule has 0 saturated heterocycles. The quantitative estimate of drug-likeness (QED) is 0.0782. The van der Waals surface area contributed by atoms with Gasteiger partial charge in [-0.1, -0.05) is 12.8 Å². The number of alkyl halides is 1. The summed E-state index contributed by atoms with van der Waals surface area (Å²) >= 11 is 5.64. The maximum Gasteiger partial charge on any atom is 0.307 e. The van der Waals surface area contributed by atoms with Crippen LogP contribution in [0.4, 0.5) is 0 Å². The summed E-state index contributed by atoms with van der Waals surface area (Å²) in [6.45, 7) is 8.38. The fourth-order valence-electron chi connectivity index (χ4n) is 2.55. The van der Waals surface area contributed by atoms with Gasteiger partial charge in [0.05, 0.1) is 113 Å². The Morgan fingerprint density at radius 1 is 0.457 bits per heavy atom. The first-order valence-electron chi connectivity index (χ1n) is 12.6. The average Bonchev–Trinajstić information content (AvgIpc) is 2.87. The van der Waals surface area contributed by atoms with E-state index in [1.807, 2.05) is 0 Å². The van der Waals surface area contributed by atoms with E-state index in [1.165, 1.54) is 20.0 Å². The number of rotatable bonds is 30. The van der Waals surface area contributed by atoms with Gasteiger partial charge >= 0.3 is 5.97 Å². The lowest BCUT2D eigenvalue weighted by Gasteiger charge is -2.08. The maximum atomic E-state index is 10.9. The van der Waals surface area contributed by atoms with Crippen LogP contribution in [0.3, 0.4) is 0 Å². The van der Waals surface area contributed by atoms with Gasteiger partial charge in [0.2, 0.25) is 0 Å². The number of ether oxygens (including phenoxy) is 9.